The lowest BCUT2D eigenvalue weighted by Gasteiger charge is -2.42. The molecular formula is C19H28N2O3. The van der Waals surface area contributed by atoms with Gasteiger partial charge in [-0.25, -0.2) is 0 Å². The lowest BCUT2D eigenvalue weighted by Crippen LogP contribution is -2.44. The minimum absolute atomic E-state index is 0.347. The van der Waals surface area contributed by atoms with Gasteiger partial charge in [-0.2, -0.15) is 0 Å². The second-order valence-corrected chi connectivity index (χ2v) is 7.68. The summed E-state index contributed by atoms with van der Waals surface area (Å²) in [6.45, 7) is 6.98. The number of likely N-dealkylation sites (tertiary alicyclic amines) is 2. The van der Waals surface area contributed by atoms with Crippen molar-refractivity contribution < 1.29 is 14.2 Å². The third kappa shape index (κ3) is 3.01. The van der Waals surface area contributed by atoms with Crippen LogP contribution in [0.5, 0.6) is 11.5 Å². The summed E-state index contributed by atoms with van der Waals surface area (Å²) in [5, 5.41) is 0. The van der Waals surface area contributed by atoms with E-state index in [1.165, 1.54) is 44.6 Å². The molecule has 0 radical (unpaired) electrons. The maximum Gasteiger partial charge on any atom is 0.231 e. The van der Waals surface area contributed by atoms with Crippen molar-refractivity contribution in [1.82, 2.24) is 9.80 Å². The van der Waals surface area contributed by atoms with Crippen molar-refractivity contribution >= 4 is 0 Å². The van der Waals surface area contributed by atoms with E-state index in [1.807, 2.05) is 13.2 Å². The number of benzene rings is 1. The van der Waals surface area contributed by atoms with Gasteiger partial charge in [0.2, 0.25) is 6.79 Å². The summed E-state index contributed by atoms with van der Waals surface area (Å²) >= 11 is 0. The quantitative estimate of drug-likeness (QED) is 0.844. The molecule has 0 saturated carbocycles. The van der Waals surface area contributed by atoms with Crippen LogP contribution in [-0.2, 0) is 11.3 Å². The first-order chi connectivity index (χ1) is 11.7. The van der Waals surface area contributed by atoms with Crippen LogP contribution in [0.2, 0.25) is 0 Å². The number of hydrogen-bond donors (Lipinski definition) is 0. The zero-order valence-electron chi connectivity index (χ0n) is 14.8. The number of methoxy groups -OCH3 is 1. The van der Waals surface area contributed by atoms with Gasteiger partial charge >= 0.3 is 0 Å². The fourth-order valence-electron chi connectivity index (χ4n) is 4.75. The molecular weight excluding hydrogens is 304 g/mol. The Morgan fingerprint density at radius 1 is 1.21 bits per heavy atom. The molecule has 3 aliphatic rings. The highest BCUT2D eigenvalue weighted by molar-refractivity contribution is 5.44. The first kappa shape index (κ1) is 16.2. The molecule has 1 aromatic carbocycles. The summed E-state index contributed by atoms with van der Waals surface area (Å²) in [5.41, 5.74) is 1.77. The molecule has 5 heteroatoms. The maximum atomic E-state index is 5.50. The number of fused-ring (bicyclic) bond motifs is 1. The maximum absolute atomic E-state index is 5.50. The summed E-state index contributed by atoms with van der Waals surface area (Å²) in [5.74, 6) is 2.44. The van der Waals surface area contributed by atoms with E-state index in [2.05, 4.69) is 29.0 Å². The van der Waals surface area contributed by atoms with Crippen molar-refractivity contribution in [3.05, 3.63) is 23.8 Å². The Bertz CT molecular complexity index is 584. The Balaban J connectivity index is 1.37. The Kier molecular flexibility index (Phi) is 4.41. The normalized spacial score (nSPS) is 26.3. The van der Waals surface area contributed by atoms with Crippen LogP contribution >= 0.6 is 0 Å². The van der Waals surface area contributed by atoms with Gasteiger partial charge in [0.15, 0.2) is 11.5 Å². The summed E-state index contributed by atoms with van der Waals surface area (Å²) in [6, 6.07) is 6.32. The van der Waals surface area contributed by atoms with Crippen LogP contribution in [0.1, 0.15) is 18.4 Å². The van der Waals surface area contributed by atoms with Crippen LogP contribution in [0, 0.1) is 11.3 Å². The van der Waals surface area contributed by atoms with E-state index >= 15 is 0 Å². The molecule has 0 bridgehead atoms. The van der Waals surface area contributed by atoms with E-state index < -0.39 is 0 Å². The van der Waals surface area contributed by atoms with Crippen LogP contribution in [0.25, 0.3) is 0 Å². The molecule has 3 heterocycles. The van der Waals surface area contributed by atoms with E-state index in [0.29, 0.717) is 18.1 Å². The molecule has 2 fully saturated rings. The lowest BCUT2D eigenvalue weighted by molar-refractivity contribution is 0.0353. The number of hydrogen-bond acceptors (Lipinski definition) is 5. The van der Waals surface area contributed by atoms with Crippen LogP contribution in [0.15, 0.2) is 18.2 Å². The third-order valence-corrected chi connectivity index (χ3v) is 6.05. The fourth-order valence-corrected chi connectivity index (χ4v) is 4.75. The highest BCUT2D eigenvalue weighted by Gasteiger charge is 2.46. The summed E-state index contributed by atoms with van der Waals surface area (Å²) in [4.78, 5) is 5.06. The predicted octanol–water partition coefficient (Wildman–Crippen LogP) is 2.21. The fraction of sp³-hybridized carbons (Fsp3) is 0.684. The van der Waals surface area contributed by atoms with Gasteiger partial charge in [0.25, 0.3) is 0 Å². The van der Waals surface area contributed by atoms with Crippen LogP contribution in [-0.4, -0.2) is 63.5 Å². The molecule has 1 spiro atoms. The second kappa shape index (κ2) is 6.54. The van der Waals surface area contributed by atoms with Gasteiger partial charge in [0, 0.05) is 32.7 Å². The Morgan fingerprint density at radius 2 is 2.00 bits per heavy atom. The van der Waals surface area contributed by atoms with E-state index in [0.717, 1.165) is 24.7 Å². The topological polar surface area (TPSA) is 34.2 Å². The first-order valence-corrected chi connectivity index (χ1v) is 8.97. The molecule has 0 N–H and O–H groups in total. The summed E-state index contributed by atoms with van der Waals surface area (Å²) in [6.07, 6.45) is 2.55. The second-order valence-electron chi connectivity index (χ2n) is 7.68. The monoisotopic (exact) mass is 332 g/mol. The Hall–Kier alpha value is -1.30. The molecule has 24 heavy (non-hydrogen) atoms. The molecule has 132 valence electrons. The molecule has 2 saturated heterocycles. The number of rotatable bonds is 4. The molecule has 1 aromatic rings. The largest absolute Gasteiger partial charge is 0.454 e. The molecule has 0 aliphatic carbocycles. The first-order valence-electron chi connectivity index (χ1n) is 8.97. The molecule has 1 atom stereocenters. The van der Waals surface area contributed by atoms with Gasteiger partial charge < -0.3 is 19.1 Å². The van der Waals surface area contributed by atoms with Crippen molar-refractivity contribution in [2.24, 2.45) is 11.3 Å². The highest BCUT2D eigenvalue weighted by Crippen LogP contribution is 2.44. The standard InChI is InChI=1S/C19H28N2O3/c1-20-11-16(12-22-2)19(13-20)5-7-21(8-6-19)10-15-3-4-17-18(9-15)24-14-23-17/h3-4,9,16H,5-8,10-14H2,1-2H3. The number of ether oxygens (including phenoxy) is 3. The Labute approximate surface area is 144 Å². The average molecular weight is 332 g/mol. The van der Waals surface area contributed by atoms with Gasteiger partial charge in [0.05, 0.1) is 6.61 Å². The third-order valence-electron chi connectivity index (χ3n) is 6.05. The summed E-state index contributed by atoms with van der Waals surface area (Å²) in [7, 11) is 4.08. The van der Waals surface area contributed by atoms with Crippen LogP contribution in [0.4, 0.5) is 0 Å². The van der Waals surface area contributed by atoms with Crippen LogP contribution < -0.4 is 9.47 Å². The molecule has 0 aromatic heterocycles. The van der Waals surface area contributed by atoms with Crippen molar-refractivity contribution in [3.8, 4) is 11.5 Å². The average Bonchev–Trinajstić information content (AvgIpc) is 3.15. The van der Waals surface area contributed by atoms with Gasteiger partial charge in [-0.3, -0.25) is 4.90 Å². The molecule has 3 aliphatic heterocycles. The van der Waals surface area contributed by atoms with Gasteiger partial charge in [-0.1, -0.05) is 6.07 Å². The van der Waals surface area contributed by atoms with Crippen LogP contribution in [0.3, 0.4) is 0 Å². The zero-order valence-corrected chi connectivity index (χ0v) is 14.8. The van der Waals surface area contributed by atoms with E-state index in [9.17, 15) is 0 Å². The van der Waals surface area contributed by atoms with E-state index in [-0.39, 0.29) is 0 Å². The Morgan fingerprint density at radius 3 is 2.79 bits per heavy atom. The smallest absolute Gasteiger partial charge is 0.231 e. The molecule has 1 unspecified atom stereocenters. The minimum atomic E-state index is 0.347. The van der Waals surface area contributed by atoms with Crippen molar-refractivity contribution in [2.45, 2.75) is 19.4 Å². The molecule has 4 rings (SSSR count). The number of piperidine rings is 1. The van der Waals surface area contributed by atoms with Gasteiger partial charge in [0.1, 0.15) is 0 Å². The summed E-state index contributed by atoms with van der Waals surface area (Å²) < 4.78 is 16.4. The van der Waals surface area contributed by atoms with E-state index in [1.54, 1.807) is 0 Å². The van der Waals surface area contributed by atoms with Crippen molar-refractivity contribution in [1.29, 1.82) is 0 Å². The molecule has 0 amide bonds. The molecule has 5 nitrogen and oxygen atoms in total. The van der Waals surface area contributed by atoms with Crippen molar-refractivity contribution in [2.75, 3.05) is 53.7 Å². The number of nitrogens with zero attached hydrogens (tertiary/aromatic N) is 2. The SMILES string of the molecule is COCC1CN(C)CC12CCN(Cc1ccc3c(c1)OCO3)CC2. The van der Waals surface area contributed by atoms with Crippen molar-refractivity contribution in [3.63, 3.8) is 0 Å². The van der Waals surface area contributed by atoms with Gasteiger partial charge in [-0.15, -0.1) is 0 Å². The zero-order chi connectivity index (χ0) is 16.6. The predicted molar refractivity (Wildman–Crippen MR) is 92.4 cm³/mol. The van der Waals surface area contributed by atoms with E-state index in [4.69, 9.17) is 14.2 Å². The minimum Gasteiger partial charge on any atom is -0.454 e. The highest BCUT2D eigenvalue weighted by atomic mass is 16.7. The van der Waals surface area contributed by atoms with Gasteiger partial charge in [-0.05, 0) is 56.1 Å². The lowest BCUT2D eigenvalue weighted by atomic mass is 9.71.